The zero-order chi connectivity index (χ0) is 24.3. The summed E-state index contributed by atoms with van der Waals surface area (Å²) in [7, 11) is -2.20. The standard InChI is InChI=1S/C22H29N3O7S/c1-15-11-19(17(3)24(15)16(2)13-31-4)21(26)14-32-22-8-7-18(12-20(22)25(27)28)33(29,30)23-9-5-6-10-23/h7-8,11-12,16H,5-6,9-10,13-14H2,1-4H3/t16-/m0/s1. The van der Waals surface area contributed by atoms with Crippen LogP contribution in [0.3, 0.4) is 0 Å². The van der Waals surface area contributed by atoms with Crippen LogP contribution in [0.2, 0.25) is 0 Å². The fourth-order valence-electron chi connectivity index (χ4n) is 4.27. The number of carbonyl (C=O) groups excluding carboxylic acids is 1. The van der Waals surface area contributed by atoms with E-state index >= 15 is 0 Å². The first-order chi connectivity index (χ1) is 15.6. The Hall–Kier alpha value is -2.76. The molecule has 1 aromatic heterocycles. The van der Waals surface area contributed by atoms with E-state index in [1.807, 2.05) is 25.3 Å². The van der Waals surface area contributed by atoms with Crippen molar-refractivity contribution in [2.75, 3.05) is 33.4 Å². The molecule has 0 unspecified atom stereocenters. The van der Waals surface area contributed by atoms with Gasteiger partial charge in [-0.05, 0) is 51.8 Å². The summed E-state index contributed by atoms with van der Waals surface area (Å²) in [6, 6.07) is 5.29. The second-order valence-corrected chi connectivity index (χ2v) is 10.1. The number of hydrogen-bond donors (Lipinski definition) is 0. The first-order valence-electron chi connectivity index (χ1n) is 10.7. The third-order valence-corrected chi connectivity index (χ3v) is 7.72. The van der Waals surface area contributed by atoms with Crippen LogP contribution in [0.4, 0.5) is 5.69 Å². The van der Waals surface area contributed by atoms with E-state index in [9.17, 15) is 23.3 Å². The summed E-state index contributed by atoms with van der Waals surface area (Å²) < 4.78 is 39.5. The summed E-state index contributed by atoms with van der Waals surface area (Å²) in [5.74, 6) is -0.489. The van der Waals surface area contributed by atoms with Crippen LogP contribution in [0.5, 0.6) is 5.75 Å². The van der Waals surface area contributed by atoms with E-state index < -0.39 is 27.2 Å². The molecule has 0 N–H and O–H groups in total. The summed E-state index contributed by atoms with van der Waals surface area (Å²) in [5.41, 5.74) is 1.61. The van der Waals surface area contributed by atoms with E-state index in [1.54, 1.807) is 13.2 Å². The Balaban J connectivity index is 1.81. The Morgan fingerprint density at radius 3 is 2.48 bits per heavy atom. The normalized spacial score (nSPS) is 15.5. The lowest BCUT2D eigenvalue weighted by molar-refractivity contribution is -0.386. The van der Waals surface area contributed by atoms with E-state index in [4.69, 9.17) is 9.47 Å². The highest BCUT2D eigenvalue weighted by atomic mass is 32.2. The minimum Gasteiger partial charge on any atom is -0.478 e. The number of aryl methyl sites for hydroxylation is 1. The molecule has 1 saturated heterocycles. The van der Waals surface area contributed by atoms with Gasteiger partial charge >= 0.3 is 5.69 Å². The van der Waals surface area contributed by atoms with Crippen molar-refractivity contribution in [1.29, 1.82) is 0 Å². The van der Waals surface area contributed by atoms with Crippen LogP contribution in [0.1, 0.15) is 47.6 Å². The Bertz CT molecular complexity index is 1150. The van der Waals surface area contributed by atoms with Gasteiger partial charge in [-0.15, -0.1) is 0 Å². The molecule has 1 aromatic carbocycles. The van der Waals surface area contributed by atoms with Gasteiger partial charge in [0, 0.05) is 43.2 Å². The number of aromatic nitrogens is 1. The molecule has 1 atom stereocenters. The van der Waals surface area contributed by atoms with Crippen molar-refractivity contribution in [3.63, 3.8) is 0 Å². The molecular formula is C22H29N3O7S. The third kappa shape index (κ3) is 5.10. The molecule has 1 aliphatic heterocycles. The number of sulfonamides is 1. The molecule has 2 aromatic rings. The highest BCUT2D eigenvalue weighted by Crippen LogP contribution is 2.32. The van der Waals surface area contributed by atoms with Crippen LogP contribution in [0.25, 0.3) is 0 Å². The quantitative estimate of drug-likeness (QED) is 0.291. The summed E-state index contributed by atoms with van der Waals surface area (Å²) in [6.45, 7) is 6.55. The van der Waals surface area contributed by atoms with Crippen molar-refractivity contribution in [2.24, 2.45) is 0 Å². The van der Waals surface area contributed by atoms with Crippen LogP contribution in [-0.4, -0.2) is 61.4 Å². The summed E-state index contributed by atoms with van der Waals surface area (Å²) in [6.07, 6.45) is 1.52. The SMILES string of the molecule is COC[C@H](C)n1c(C)cc(C(=O)COc2ccc(S(=O)(=O)N3CCCC3)cc2[N+](=O)[O-])c1C. The van der Waals surface area contributed by atoms with Crippen molar-refractivity contribution >= 4 is 21.5 Å². The number of methoxy groups -OCH3 is 1. The van der Waals surface area contributed by atoms with Gasteiger partial charge in [0.05, 0.1) is 22.5 Å². The number of nitrogens with zero attached hydrogens (tertiary/aromatic N) is 3. The highest BCUT2D eigenvalue weighted by molar-refractivity contribution is 7.89. The minimum absolute atomic E-state index is 0.0312. The molecule has 0 radical (unpaired) electrons. The van der Waals surface area contributed by atoms with Crippen LogP contribution in [0.15, 0.2) is 29.2 Å². The second kappa shape index (κ2) is 10.0. The van der Waals surface area contributed by atoms with E-state index in [-0.39, 0.29) is 22.5 Å². The summed E-state index contributed by atoms with van der Waals surface area (Å²) in [5, 5.41) is 11.6. The number of nitro groups is 1. The largest absolute Gasteiger partial charge is 0.478 e. The molecule has 2 heterocycles. The molecular weight excluding hydrogens is 450 g/mol. The molecule has 33 heavy (non-hydrogen) atoms. The number of hydrogen-bond acceptors (Lipinski definition) is 7. The molecule has 180 valence electrons. The Morgan fingerprint density at radius 1 is 1.21 bits per heavy atom. The number of ketones is 1. The maximum absolute atomic E-state index is 12.8. The minimum atomic E-state index is -3.81. The van der Waals surface area contributed by atoms with Crippen LogP contribution in [-0.2, 0) is 14.8 Å². The van der Waals surface area contributed by atoms with Gasteiger partial charge in [0.25, 0.3) is 0 Å². The van der Waals surface area contributed by atoms with E-state index in [1.165, 1.54) is 16.4 Å². The number of Topliss-reactive ketones (excluding diaryl/α,β-unsaturated/α-hetero) is 1. The molecule has 1 aliphatic rings. The van der Waals surface area contributed by atoms with Crippen LogP contribution >= 0.6 is 0 Å². The van der Waals surface area contributed by atoms with E-state index in [0.29, 0.717) is 25.3 Å². The summed E-state index contributed by atoms with van der Waals surface area (Å²) >= 11 is 0. The molecule has 0 amide bonds. The topological polar surface area (TPSA) is 121 Å². The van der Waals surface area contributed by atoms with Crippen LogP contribution < -0.4 is 4.74 Å². The molecule has 10 nitrogen and oxygen atoms in total. The molecule has 11 heteroatoms. The van der Waals surface area contributed by atoms with Gasteiger partial charge in [-0.3, -0.25) is 14.9 Å². The lowest BCUT2D eigenvalue weighted by atomic mass is 10.1. The zero-order valence-electron chi connectivity index (χ0n) is 19.2. The molecule has 0 aliphatic carbocycles. The van der Waals surface area contributed by atoms with Gasteiger partial charge in [0.1, 0.15) is 0 Å². The lowest BCUT2D eigenvalue weighted by Crippen LogP contribution is -2.27. The summed E-state index contributed by atoms with van der Waals surface area (Å²) in [4.78, 5) is 23.5. The number of ether oxygens (including phenoxy) is 2. The van der Waals surface area contributed by atoms with Gasteiger partial charge in [-0.1, -0.05) is 0 Å². The van der Waals surface area contributed by atoms with Crippen LogP contribution in [0, 0.1) is 24.0 Å². The van der Waals surface area contributed by atoms with Crippen molar-refractivity contribution in [2.45, 2.75) is 44.6 Å². The maximum atomic E-state index is 12.8. The molecule has 0 bridgehead atoms. The smallest absolute Gasteiger partial charge is 0.312 e. The first-order valence-corrected chi connectivity index (χ1v) is 12.1. The lowest BCUT2D eigenvalue weighted by Gasteiger charge is -2.17. The average molecular weight is 480 g/mol. The van der Waals surface area contributed by atoms with Gasteiger partial charge in [0.15, 0.2) is 12.4 Å². The Kier molecular flexibility index (Phi) is 7.55. The maximum Gasteiger partial charge on any atom is 0.312 e. The van der Waals surface area contributed by atoms with E-state index in [0.717, 1.165) is 30.3 Å². The molecule has 0 saturated carbocycles. The first kappa shape index (κ1) is 24.9. The fraction of sp³-hybridized carbons (Fsp3) is 0.500. The number of benzene rings is 1. The fourth-order valence-corrected chi connectivity index (χ4v) is 5.81. The second-order valence-electron chi connectivity index (χ2n) is 8.17. The predicted octanol–water partition coefficient (Wildman–Crippen LogP) is 3.27. The van der Waals surface area contributed by atoms with Crippen molar-refractivity contribution < 1.29 is 27.6 Å². The van der Waals surface area contributed by atoms with Gasteiger partial charge in [-0.25, -0.2) is 8.42 Å². The highest BCUT2D eigenvalue weighted by Gasteiger charge is 2.30. The monoisotopic (exact) mass is 479 g/mol. The van der Waals surface area contributed by atoms with E-state index in [2.05, 4.69) is 0 Å². The number of rotatable bonds is 10. The van der Waals surface area contributed by atoms with Gasteiger partial charge in [0.2, 0.25) is 15.8 Å². The average Bonchev–Trinajstić information content (AvgIpc) is 3.40. The number of carbonyl (C=O) groups is 1. The van der Waals surface area contributed by atoms with Crippen molar-refractivity contribution in [3.8, 4) is 5.75 Å². The Morgan fingerprint density at radius 2 is 1.88 bits per heavy atom. The molecule has 0 spiro atoms. The molecule has 1 fully saturated rings. The predicted molar refractivity (Wildman–Crippen MR) is 121 cm³/mol. The Labute approximate surface area is 193 Å². The van der Waals surface area contributed by atoms with Gasteiger partial charge < -0.3 is 14.0 Å². The third-order valence-electron chi connectivity index (χ3n) is 5.82. The van der Waals surface area contributed by atoms with Crippen molar-refractivity contribution in [1.82, 2.24) is 8.87 Å². The zero-order valence-corrected chi connectivity index (χ0v) is 20.1. The van der Waals surface area contributed by atoms with Crippen molar-refractivity contribution in [3.05, 3.63) is 51.3 Å². The number of nitro benzene ring substituents is 1. The molecule has 3 rings (SSSR count). The van der Waals surface area contributed by atoms with Gasteiger partial charge in [-0.2, -0.15) is 4.31 Å².